The summed E-state index contributed by atoms with van der Waals surface area (Å²) in [4.78, 5) is 23.5. The maximum Gasteiger partial charge on any atom is 0.265 e. The minimum atomic E-state index is -0.436. The van der Waals surface area contributed by atoms with Gasteiger partial charge in [0, 0.05) is 16.1 Å². The number of Topliss-reactive ketones (excluding diaryl/α,β-unsaturated/α-hetero) is 1. The molecule has 0 atom stereocenters. The van der Waals surface area contributed by atoms with Crippen LogP contribution in [-0.2, 0) is 11.3 Å². The fourth-order valence-electron chi connectivity index (χ4n) is 1.07. The van der Waals surface area contributed by atoms with E-state index in [0.29, 0.717) is 4.47 Å². The average molecular weight is 351 g/mol. The zero-order valence-corrected chi connectivity index (χ0v) is 12.6. The highest BCUT2D eigenvalue weighted by Crippen LogP contribution is 2.17. The molecule has 0 aliphatic rings. The van der Waals surface area contributed by atoms with Gasteiger partial charge in [-0.3, -0.25) is 9.59 Å². The third-order valence-electron chi connectivity index (χ3n) is 2.16. The van der Waals surface area contributed by atoms with Gasteiger partial charge >= 0.3 is 0 Å². The molecule has 0 spiro atoms. The molecule has 1 heterocycles. The minimum absolute atomic E-state index is 0.0274. The lowest BCUT2D eigenvalue weighted by Crippen LogP contribution is -2.30. The molecule has 0 saturated carbocycles. The van der Waals surface area contributed by atoms with Gasteiger partial charge < -0.3 is 4.57 Å². The van der Waals surface area contributed by atoms with Crippen LogP contribution < -0.4 is 5.56 Å². The molecule has 16 heavy (non-hydrogen) atoms. The summed E-state index contributed by atoms with van der Waals surface area (Å²) in [6.45, 7) is 5.62. The zero-order valence-electron chi connectivity index (χ0n) is 9.38. The SMILES string of the molecule is CC(C)(C)C(=O)Cn1cc(Br)cc(Br)c1=O. The van der Waals surface area contributed by atoms with Crippen molar-refractivity contribution in [3.8, 4) is 0 Å². The fourth-order valence-corrected chi connectivity index (χ4v) is 2.33. The van der Waals surface area contributed by atoms with E-state index in [1.165, 1.54) is 4.57 Å². The Morgan fingerprint density at radius 1 is 1.38 bits per heavy atom. The van der Waals surface area contributed by atoms with Crippen molar-refractivity contribution < 1.29 is 4.79 Å². The van der Waals surface area contributed by atoms with Crippen LogP contribution in [-0.4, -0.2) is 10.4 Å². The lowest BCUT2D eigenvalue weighted by atomic mass is 9.91. The van der Waals surface area contributed by atoms with Gasteiger partial charge in [0.25, 0.3) is 5.56 Å². The highest BCUT2D eigenvalue weighted by molar-refractivity contribution is 9.11. The molecule has 1 rings (SSSR count). The Balaban J connectivity index is 3.08. The second kappa shape index (κ2) is 4.84. The third-order valence-corrected chi connectivity index (χ3v) is 3.16. The van der Waals surface area contributed by atoms with E-state index in [0.717, 1.165) is 4.47 Å². The van der Waals surface area contributed by atoms with E-state index >= 15 is 0 Å². The van der Waals surface area contributed by atoms with Gasteiger partial charge in [0.15, 0.2) is 5.78 Å². The minimum Gasteiger partial charge on any atom is -0.306 e. The molecular weight excluding hydrogens is 338 g/mol. The van der Waals surface area contributed by atoms with E-state index in [9.17, 15) is 9.59 Å². The Hall–Kier alpha value is -0.420. The van der Waals surface area contributed by atoms with Crippen LogP contribution in [0.2, 0.25) is 0 Å². The summed E-state index contributed by atoms with van der Waals surface area (Å²) < 4.78 is 2.62. The number of ketones is 1. The summed E-state index contributed by atoms with van der Waals surface area (Å²) in [5.41, 5.74) is -0.630. The average Bonchev–Trinajstić information content (AvgIpc) is 2.11. The molecule has 0 aliphatic carbocycles. The number of hydrogen-bond donors (Lipinski definition) is 0. The van der Waals surface area contributed by atoms with E-state index in [4.69, 9.17) is 0 Å². The molecule has 0 bridgehead atoms. The zero-order chi connectivity index (χ0) is 12.5. The molecule has 88 valence electrons. The first-order valence-electron chi connectivity index (χ1n) is 4.80. The molecule has 0 amide bonds. The van der Waals surface area contributed by atoms with Gasteiger partial charge in [-0.1, -0.05) is 20.8 Å². The number of carbonyl (C=O) groups excluding carboxylic acids is 1. The molecule has 0 aliphatic heterocycles. The molecule has 3 nitrogen and oxygen atoms in total. The van der Waals surface area contributed by atoms with Gasteiger partial charge in [0.1, 0.15) is 0 Å². The van der Waals surface area contributed by atoms with Crippen molar-refractivity contribution in [2.45, 2.75) is 27.3 Å². The van der Waals surface area contributed by atoms with Gasteiger partial charge in [0.2, 0.25) is 0 Å². The van der Waals surface area contributed by atoms with Crippen LogP contribution in [0.15, 0.2) is 26.0 Å². The molecule has 0 saturated heterocycles. The van der Waals surface area contributed by atoms with E-state index in [1.54, 1.807) is 12.3 Å². The normalized spacial score (nSPS) is 11.6. The molecule has 1 aromatic rings. The number of aromatic nitrogens is 1. The van der Waals surface area contributed by atoms with Crippen LogP contribution in [0.1, 0.15) is 20.8 Å². The molecular formula is C11H13Br2NO2. The summed E-state index contributed by atoms with van der Waals surface area (Å²) in [6, 6.07) is 1.67. The van der Waals surface area contributed by atoms with E-state index in [1.807, 2.05) is 20.8 Å². The maximum absolute atomic E-state index is 11.8. The number of halogens is 2. The fraction of sp³-hybridized carbons (Fsp3) is 0.455. The molecule has 1 aromatic heterocycles. The predicted molar refractivity (Wildman–Crippen MR) is 70.6 cm³/mol. The molecule has 0 radical (unpaired) electrons. The summed E-state index contributed by atoms with van der Waals surface area (Å²) in [5, 5.41) is 0. The summed E-state index contributed by atoms with van der Waals surface area (Å²) in [7, 11) is 0. The van der Waals surface area contributed by atoms with Crippen molar-refractivity contribution in [2.24, 2.45) is 5.41 Å². The predicted octanol–water partition coefficient (Wildman–Crippen LogP) is 2.99. The second-order valence-corrected chi connectivity index (χ2v) is 6.38. The van der Waals surface area contributed by atoms with Gasteiger partial charge in [-0.25, -0.2) is 0 Å². The van der Waals surface area contributed by atoms with Crippen molar-refractivity contribution in [3.05, 3.63) is 31.6 Å². The molecule has 5 heteroatoms. The van der Waals surface area contributed by atoms with Crippen molar-refractivity contribution in [1.82, 2.24) is 4.57 Å². The van der Waals surface area contributed by atoms with Crippen LogP contribution in [0.5, 0.6) is 0 Å². The van der Waals surface area contributed by atoms with Crippen LogP contribution in [0, 0.1) is 5.41 Å². The van der Waals surface area contributed by atoms with E-state index in [-0.39, 0.29) is 17.9 Å². The first kappa shape index (κ1) is 13.6. The number of hydrogen-bond acceptors (Lipinski definition) is 2. The number of nitrogens with zero attached hydrogens (tertiary/aromatic N) is 1. The lowest BCUT2D eigenvalue weighted by Gasteiger charge is -2.17. The molecule has 0 N–H and O–H groups in total. The highest BCUT2D eigenvalue weighted by Gasteiger charge is 2.21. The van der Waals surface area contributed by atoms with Gasteiger partial charge in [-0.2, -0.15) is 0 Å². The Labute approximate surface area is 111 Å². The van der Waals surface area contributed by atoms with E-state index < -0.39 is 5.41 Å². The highest BCUT2D eigenvalue weighted by atomic mass is 79.9. The largest absolute Gasteiger partial charge is 0.306 e. The summed E-state index contributed by atoms with van der Waals surface area (Å²) >= 11 is 6.45. The third kappa shape index (κ3) is 3.28. The van der Waals surface area contributed by atoms with Crippen LogP contribution >= 0.6 is 31.9 Å². The number of rotatable bonds is 2. The number of carbonyl (C=O) groups is 1. The smallest absolute Gasteiger partial charge is 0.265 e. The van der Waals surface area contributed by atoms with Crippen molar-refractivity contribution in [3.63, 3.8) is 0 Å². The number of pyridine rings is 1. The Morgan fingerprint density at radius 2 is 1.94 bits per heavy atom. The first-order valence-corrected chi connectivity index (χ1v) is 6.39. The summed E-state index contributed by atoms with van der Waals surface area (Å²) in [5.74, 6) is 0.0274. The van der Waals surface area contributed by atoms with Crippen molar-refractivity contribution >= 4 is 37.6 Å². The van der Waals surface area contributed by atoms with Gasteiger partial charge in [-0.15, -0.1) is 0 Å². The van der Waals surface area contributed by atoms with Crippen LogP contribution in [0.3, 0.4) is 0 Å². The van der Waals surface area contributed by atoms with Crippen molar-refractivity contribution in [2.75, 3.05) is 0 Å². The first-order chi connectivity index (χ1) is 7.21. The standard InChI is InChI=1S/C11H13Br2NO2/c1-11(2,3)9(15)6-14-5-7(12)4-8(13)10(14)16/h4-5H,6H2,1-3H3. The quantitative estimate of drug-likeness (QED) is 0.822. The van der Waals surface area contributed by atoms with Crippen molar-refractivity contribution in [1.29, 1.82) is 0 Å². The molecule has 0 fully saturated rings. The summed E-state index contributed by atoms with van der Waals surface area (Å²) in [6.07, 6.45) is 1.62. The Morgan fingerprint density at radius 3 is 2.44 bits per heavy atom. The molecule has 0 aromatic carbocycles. The van der Waals surface area contributed by atoms with E-state index in [2.05, 4.69) is 31.9 Å². The Bertz CT molecular complexity index is 472. The van der Waals surface area contributed by atoms with Gasteiger partial charge in [-0.05, 0) is 37.9 Å². The lowest BCUT2D eigenvalue weighted by molar-refractivity contribution is -0.126. The maximum atomic E-state index is 11.8. The Kier molecular flexibility index (Phi) is 4.12. The topological polar surface area (TPSA) is 39.1 Å². The monoisotopic (exact) mass is 349 g/mol. The van der Waals surface area contributed by atoms with Crippen LogP contribution in [0.4, 0.5) is 0 Å². The van der Waals surface area contributed by atoms with Crippen LogP contribution in [0.25, 0.3) is 0 Å². The second-order valence-electron chi connectivity index (χ2n) is 4.61. The van der Waals surface area contributed by atoms with Gasteiger partial charge in [0.05, 0.1) is 11.0 Å². The molecule has 0 unspecified atom stereocenters.